The highest BCUT2D eigenvalue weighted by atomic mass is 35.5. The van der Waals surface area contributed by atoms with Crippen LogP contribution in [-0.2, 0) is 24.2 Å². The summed E-state index contributed by atoms with van der Waals surface area (Å²) in [5.74, 6) is -0.862. The predicted molar refractivity (Wildman–Crippen MR) is 79.0 cm³/mol. The Balaban J connectivity index is 2.32. The van der Waals surface area contributed by atoms with Gasteiger partial charge in [0.15, 0.2) is 9.84 Å². The molecule has 0 bridgehead atoms. The molecular weight excluding hydrogens is 320 g/mol. The third-order valence-electron chi connectivity index (χ3n) is 3.05. The molecule has 0 aliphatic carbocycles. The van der Waals surface area contributed by atoms with Gasteiger partial charge in [0, 0.05) is 6.54 Å². The highest BCUT2D eigenvalue weighted by Crippen LogP contribution is 2.17. The zero-order chi connectivity index (χ0) is 16.0. The molecule has 1 heterocycles. The summed E-state index contributed by atoms with van der Waals surface area (Å²) >= 11 is 5.91. The number of rotatable bonds is 7. The maximum Gasteiger partial charge on any atom is 0.307 e. The van der Waals surface area contributed by atoms with Gasteiger partial charge < -0.3 is 10.1 Å². The molecule has 1 aliphatic rings. The number of sulfone groups is 1. The first-order chi connectivity index (χ1) is 9.73. The number of halogens is 1. The number of likely N-dealkylation sites (N-methyl/N-ethyl adjacent to an activating group) is 1. The number of nitrogens with one attached hydrogen (secondary N) is 1. The van der Waals surface area contributed by atoms with Gasteiger partial charge in [-0.25, -0.2) is 8.42 Å². The number of alkyl halides is 1. The lowest BCUT2D eigenvalue weighted by atomic mass is 10.2. The van der Waals surface area contributed by atoms with E-state index in [1.807, 2.05) is 0 Å². The van der Waals surface area contributed by atoms with Crippen LogP contribution in [0.1, 0.15) is 13.3 Å². The summed E-state index contributed by atoms with van der Waals surface area (Å²) in [4.78, 5) is 24.7. The Kier molecular flexibility index (Phi) is 6.89. The van der Waals surface area contributed by atoms with E-state index in [0.717, 1.165) is 0 Å². The maximum atomic E-state index is 11.8. The van der Waals surface area contributed by atoms with E-state index in [9.17, 15) is 18.0 Å². The lowest BCUT2D eigenvalue weighted by molar-refractivity contribution is -0.143. The number of carbonyl (C=O) groups is 2. The van der Waals surface area contributed by atoms with Crippen LogP contribution < -0.4 is 5.32 Å². The van der Waals surface area contributed by atoms with Crippen LogP contribution in [-0.4, -0.2) is 74.9 Å². The molecular formula is C12H21ClN2O5S. The first-order valence-electron chi connectivity index (χ1n) is 6.71. The molecule has 7 nitrogen and oxygen atoms in total. The molecule has 0 aromatic heterocycles. The number of carbonyl (C=O) groups excluding carboxylic acids is 2. The molecule has 1 saturated heterocycles. The van der Waals surface area contributed by atoms with Gasteiger partial charge in [-0.05, 0) is 14.0 Å². The molecule has 0 aromatic rings. The van der Waals surface area contributed by atoms with Crippen molar-refractivity contribution in [1.29, 1.82) is 0 Å². The Morgan fingerprint density at radius 3 is 2.57 bits per heavy atom. The molecule has 2 unspecified atom stereocenters. The number of esters is 1. The SMILES string of the molecule is CCOC(=O)CCN(C)CC(=O)NC1CS(=O)(=O)CC1Cl. The maximum absolute atomic E-state index is 11.8. The molecule has 0 radical (unpaired) electrons. The van der Waals surface area contributed by atoms with E-state index >= 15 is 0 Å². The smallest absolute Gasteiger partial charge is 0.307 e. The zero-order valence-corrected chi connectivity index (χ0v) is 13.7. The van der Waals surface area contributed by atoms with Crippen molar-refractivity contribution in [3.8, 4) is 0 Å². The Bertz CT molecular complexity index is 482. The molecule has 21 heavy (non-hydrogen) atoms. The fraction of sp³-hybridized carbons (Fsp3) is 0.833. The van der Waals surface area contributed by atoms with Gasteiger partial charge in [-0.2, -0.15) is 0 Å². The van der Waals surface area contributed by atoms with E-state index < -0.39 is 21.3 Å². The van der Waals surface area contributed by atoms with Crippen molar-refractivity contribution in [3.63, 3.8) is 0 Å². The standard InChI is InChI=1S/C12H21ClN2O5S/c1-3-20-12(17)4-5-15(2)6-11(16)14-10-8-21(18,19)7-9(10)13/h9-10H,3-8H2,1-2H3,(H,14,16). The third kappa shape index (κ3) is 6.62. The van der Waals surface area contributed by atoms with Crippen LogP contribution in [0.15, 0.2) is 0 Å². The lowest BCUT2D eigenvalue weighted by Gasteiger charge is -2.19. The van der Waals surface area contributed by atoms with E-state index in [4.69, 9.17) is 16.3 Å². The van der Waals surface area contributed by atoms with Crippen LogP contribution in [0.4, 0.5) is 0 Å². The Labute approximate surface area is 129 Å². The summed E-state index contributed by atoms with van der Waals surface area (Å²) in [7, 11) is -1.47. The average molecular weight is 341 g/mol. The predicted octanol–water partition coefficient (Wildman–Crippen LogP) is -0.608. The van der Waals surface area contributed by atoms with E-state index in [-0.39, 0.29) is 36.3 Å². The molecule has 0 spiro atoms. The number of amides is 1. The molecule has 0 aromatic carbocycles. The van der Waals surface area contributed by atoms with E-state index in [1.165, 1.54) is 0 Å². The molecule has 1 N–H and O–H groups in total. The highest BCUT2D eigenvalue weighted by Gasteiger charge is 2.37. The van der Waals surface area contributed by atoms with Crippen LogP contribution in [0.2, 0.25) is 0 Å². The van der Waals surface area contributed by atoms with Crippen molar-refractivity contribution in [3.05, 3.63) is 0 Å². The molecule has 1 fully saturated rings. The molecule has 2 atom stereocenters. The fourth-order valence-electron chi connectivity index (χ4n) is 2.03. The van der Waals surface area contributed by atoms with Crippen molar-refractivity contribution in [1.82, 2.24) is 10.2 Å². The largest absolute Gasteiger partial charge is 0.466 e. The van der Waals surface area contributed by atoms with Gasteiger partial charge in [0.05, 0.1) is 42.5 Å². The summed E-state index contributed by atoms with van der Waals surface area (Å²) in [5.41, 5.74) is 0. The van der Waals surface area contributed by atoms with Gasteiger partial charge in [0.25, 0.3) is 0 Å². The first kappa shape index (κ1) is 18.2. The number of nitrogens with zero attached hydrogens (tertiary/aromatic N) is 1. The second kappa shape index (κ2) is 7.95. The molecule has 1 amide bonds. The van der Waals surface area contributed by atoms with Crippen LogP contribution in [0, 0.1) is 0 Å². The normalized spacial score (nSPS) is 24.0. The topological polar surface area (TPSA) is 92.8 Å². The Hall–Kier alpha value is -0.860. The number of hydrogen-bond donors (Lipinski definition) is 1. The molecule has 9 heteroatoms. The van der Waals surface area contributed by atoms with Crippen molar-refractivity contribution < 1.29 is 22.7 Å². The molecule has 122 valence electrons. The molecule has 1 rings (SSSR count). The second-order valence-corrected chi connectivity index (χ2v) is 7.77. The Morgan fingerprint density at radius 2 is 2.05 bits per heavy atom. The van der Waals surface area contributed by atoms with Gasteiger partial charge in [-0.1, -0.05) is 0 Å². The second-order valence-electron chi connectivity index (χ2n) is 5.06. The van der Waals surface area contributed by atoms with Gasteiger partial charge in [-0.15, -0.1) is 11.6 Å². The van der Waals surface area contributed by atoms with Gasteiger partial charge in [0.1, 0.15) is 0 Å². The van der Waals surface area contributed by atoms with Gasteiger partial charge in [0.2, 0.25) is 5.91 Å². The Morgan fingerprint density at radius 1 is 1.38 bits per heavy atom. The summed E-state index contributed by atoms with van der Waals surface area (Å²) in [6.07, 6.45) is 0.202. The van der Waals surface area contributed by atoms with Gasteiger partial charge >= 0.3 is 5.97 Å². The summed E-state index contributed by atoms with van der Waals surface area (Å²) in [6.45, 7) is 2.52. The minimum Gasteiger partial charge on any atom is -0.466 e. The summed E-state index contributed by atoms with van der Waals surface area (Å²) < 4.78 is 27.6. The summed E-state index contributed by atoms with van der Waals surface area (Å²) in [5, 5.41) is 2.03. The van der Waals surface area contributed by atoms with Gasteiger partial charge in [-0.3, -0.25) is 14.5 Å². The van der Waals surface area contributed by atoms with Crippen molar-refractivity contribution >= 4 is 33.3 Å². The van der Waals surface area contributed by atoms with E-state index in [1.54, 1.807) is 18.9 Å². The summed E-state index contributed by atoms with van der Waals surface area (Å²) in [6, 6.07) is -0.553. The number of hydrogen-bond acceptors (Lipinski definition) is 6. The van der Waals surface area contributed by atoms with Crippen molar-refractivity contribution in [2.45, 2.75) is 24.8 Å². The number of ether oxygens (including phenoxy) is 1. The first-order valence-corrected chi connectivity index (χ1v) is 8.97. The average Bonchev–Trinajstić information content (AvgIpc) is 2.60. The van der Waals surface area contributed by atoms with Crippen LogP contribution in [0.5, 0.6) is 0 Å². The lowest BCUT2D eigenvalue weighted by Crippen LogP contribution is -2.45. The minimum absolute atomic E-state index is 0.0690. The van der Waals surface area contributed by atoms with Crippen molar-refractivity contribution in [2.75, 3.05) is 38.2 Å². The van der Waals surface area contributed by atoms with Crippen LogP contribution >= 0.6 is 11.6 Å². The van der Waals surface area contributed by atoms with Crippen LogP contribution in [0.25, 0.3) is 0 Å². The zero-order valence-electron chi connectivity index (χ0n) is 12.2. The minimum atomic E-state index is -3.17. The highest BCUT2D eigenvalue weighted by molar-refractivity contribution is 7.91. The molecule has 1 aliphatic heterocycles. The monoisotopic (exact) mass is 340 g/mol. The van der Waals surface area contributed by atoms with E-state index in [2.05, 4.69) is 5.32 Å². The quantitative estimate of drug-likeness (QED) is 0.491. The fourth-order valence-corrected chi connectivity index (χ4v) is 4.58. The molecule has 0 saturated carbocycles. The van der Waals surface area contributed by atoms with Crippen molar-refractivity contribution in [2.24, 2.45) is 0 Å². The third-order valence-corrected chi connectivity index (χ3v) is 5.42. The van der Waals surface area contributed by atoms with E-state index in [0.29, 0.717) is 13.2 Å². The van der Waals surface area contributed by atoms with Crippen LogP contribution in [0.3, 0.4) is 0 Å².